The van der Waals surface area contributed by atoms with Gasteiger partial charge >= 0.3 is 0 Å². The van der Waals surface area contributed by atoms with Crippen LogP contribution in [0.5, 0.6) is 0 Å². The number of hydrogen-bond acceptors (Lipinski definition) is 4. The molecule has 0 aliphatic heterocycles. The fourth-order valence-corrected chi connectivity index (χ4v) is 7.12. The first-order chi connectivity index (χ1) is 24.8. The lowest BCUT2D eigenvalue weighted by molar-refractivity contribution is 0.669. The normalized spacial score (nSPS) is 11.6. The second-order valence-corrected chi connectivity index (χ2v) is 12.5. The van der Waals surface area contributed by atoms with Gasteiger partial charge in [0, 0.05) is 38.5 Å². The van der Waals surface area contributed by atoms with Gasteiger partial charge < -0.3 is 8.98 Å². The number of fused-ring (bicyclic) bond motifs is 7. The summed E-state index contributed by atoms with van der Waals surface area (Å²) in [6, 6.07) is 58.5. The van der Waals surface area contributed by atoms with E-state index in [1.807, 2.05) is 48.5 Å². The third kappa shape index (κ3) is 4.60. The van der Waals surface area contributed by atoms with Crippen molar-refractivity contribution in [2.45, 2.75) is 0 Å². The fraction of sp³-hybridized carbons (Fsp3) is 0. The van der Waals surface area contributed by atoms with Gasteiger partial charge in [0.1, 0.15) is 11.2 Å². The molecular weight excluding hydrogens is 613 g/mol. The molecule has 0 aliphatic rings. The molecule has 0 amide bonds. The molecule has 10 rings (SSSR count). The number of aromatic nitrogens is 4. The number of para-hydroxylation sites is 2. The van der Waals surface area contributed by atoms with Crippen molar-refractivity contribution in [2.75, 3.05) is 0 Å². The highest BCUT2D eigenvalue weighted by Crippen LogP contribution is 2.41. The van der Waals surface area contributed by atoms with Crippen molar-refractivity contribution in [2.24, 2.45) is 0 Å². The molecule has 0 aliphatic carbocycles. The molecule has 0 bridgehead atoms. The van der Waals surface area contributed by atoms with Crippen LogP contribution in [0.1, 0.15) is 0 Å². The Morgan fingerprint density at radius 1 is 0.380 bits per heavy atom. The van der Waals surface area contributed by atoms with Crippen LogP contribution in [0.3, 0.4) is 0 Å². The van der Waals surface area contributed by atoms with Crippen molar-refractivity contribution in [1.29, 1.82) is 0 Å². The largest absolute Gasteiger partial charge is 0.456 e. The SMILES string of the molecule is c1ccc(-c2cccc(-c3nc(-c4ccccc4)nc(-c4ccc5oc6ccc7c8ccccc8n(-c8ccccc8)c7c6c5c4)n3)c2)cc1. The Labute approximate surface area is 287 Å². The molecule has 0 spiro atoms. The van der Waals surface area contributed by atoms with Crippen LogP contribution in [0.15, 0.2) is 174 Å². The molecule has 0 unspecified atom stereocenters. The van der Waals surface area contributed by atoms with Crippen molar-refractivity contribution in [1.82, 2.24) is 19.5 Å². The Morgan fingerprint density at radius 2 is 0.960 bits per heavy atom. The maximum Gasteiger partial charge on any atom is 0.164 e. The average molecular weight is 641 g/mol. The van der Waals surface area contributed by atoms with Crippen LogP contribution >= 0.6 is 0 Å². The first kappa shape index (κ1) is 28.2. The second kappa shape index (κ2) is 11.4. The van der Waals surface area contributed by atoms with Gasteiger partial charge in [-0.15, -0.1) is 0 Å². The smallest absolute Gasteiger partial charge is 0.164 e. The van der Waals surface area contributed by atoms with E-state index in [1.165, 1.54) is 10.8 Å². The van der Waals surface area contributed by atoms with Crippen LogP contribution in [0.25, 0.3) is 94.7 Å². The molecule has 7 aromatic carbocycles. The molecule has 3 heterocycles. The topological polar surface area (TPSA) is 56.7 Å². The van der Waals surface area contributed by atoms with Crippen molar-refractivity contribution in [3.8, 4) is 51.0 Å². The van der Waals surface area contributed by atoms with Gasteiger partial charge in [-0.3, -0.25) is 0 Å². The summed E-state index contributed by atoms with van der Waals surface area (Å²) < 4.78 is 8.86. The molecule has 0 saturated carbocycles. The Kier molecular flexibility index (Phi) is 6.42. The van der Waals surface area contributed by atoms with E-state index in [-0.39, 0.29) is 0 Å². The summed E-state index contributed by atoms with van der Waals surface area (Å²) >= 11 is 0. The fourth-order valence-electron chi connectivity index (χ4n) is 7.12. The molecule has 0 fully saturated rings. The average Bonchev–Trinajstić information content (AvgIpc) is 3.74. The molecule has 10 aromatic rings. The van der Waals surface area contributed by atoms with Crippen molar-refractivity contribution in [3.05, 3.63) is 170 Å². The Morgan fingerprint density at radius 3 is 1.72 bits per heavy atom. The highest BCUT2D eigenvalue weighted by Gasteiger charge is 2.20. The standard InChI is InChI=1S/C45H28N4O/c1-4-13-29(14-5-1)31-17-12-18-32(27-31)44-46-43(30-15-6-2-7-16-30)47-45(48-44)33-23-25-39-37(28-33)41-40(50-39)26-24-36-35-21-10-11-22-38(35)49(42(36)41)34-19-8-3-9-20-34/h1-28H. The predicted octanol–water partition coefficient (Wildman–Crippen LogP) is 11.5. The van der Waals surface area contributed by atoms with E-state index in [2.05, 4.69) is 126 Å². The second-order valence-electron chi connectivity index (χ2n) is 12.5. The third-order valence-electron chi connectivity index (χ3n) is 9.44. The van der Waals surface area contributed by atoms with Crippen molar-refractivity contribution >= 4 is 43.7 Å². The van der Waals surface area contributed by atoms with Crippen LogP contribution in [-0.4, -0.2) is 19.5 Å². The third-order valence-corrected chi connectivity index (χ3v) is 9.44. The molecule has 0 atom stereocenters. The molecule has 0 radical (unpaired) electrons. The van der Waals surface area contributed by atoms with Crippen molar-refractivity contribution in [3.63, 3.8) is 0 Å². The Bertz CT molecular complexity index is 2860. The zero-order chi connectivity index (χ0) is 33.0. The number of benzene rings is 7. The summed E-state index contributed by atoms with van der Waals surface area (Å²) in [4.78, 5) is 15.2. The van der Waals surface area contributed by atoms with E-state index in [4.69, 9.17) is 19.4 Å². The molecule has 0 saturated heterocycles. The summed E-state index contributed by atoms with van der Waals surface area (Å²) in [5.74, 6) is 1.85. The van der Waals surface area contributed by atoms with Crippen LogP contribution in [0.2, 0.25) is 0 Å². The molecule has 234 valence electrons. The lowest BCUT2D eigenvalue weighted by Crippen LogP contribution is -2.00. The summed E-state index contributed by atoms with van der Waals surface area (Å²) in [6.45, 7) is 0. The molecular formula is C45H28N4O. The van der Waals surface area contributed by atoms with E-state index in [1.54, 1.807) is 0 Å². The maximum absolute atomic E-state index is 6.51. The molecule has 50 heavy (non-hydrogen) atoms. The summed E-state index contributed by atoms with van der Waals surface area (Å²) in [5.41, 5.74) is 10.0. The van der Waals surface area contributed by atoms with Gasteiger partial charge in [-0.05, 0) is 65.7 Å². The van der Waals surface area contributed by atoms with E-state index in [0.717, 1.165) is 66.5 Å². The molecule has 5 nitrogen and oxygen atoms in total. The van der Waals surface area contributed by atoms with Gasteiger partial charge in [0.05, 0.1) is 16.4 Å². The number of nitrogens with zero attached hydrogens (tertiary/aromatic N) is 4. The van der Waals surface area contributed by atoms with Gasteiger partial charge in [0.25, 0.3) is 0 Å². The minimum atomic E-state index is 0.603. The lowest BCUT2D eigenvalue weighted by atomic mass is 10.0. The summed E-state index contributed by atoms with van der Waals surface area (Å²) in [5, 5.41) is 4.45. The molecule has 3 aromatic heterocycles. The van der Waals surface area contributed by atoms with Gasteiger partial charge in [-0.2, -0.15) is 0 Å². The van der Waals surface area contributed by atoms with Crippen LogP contribution in [0, 0.1) is 0 Å². The van der Waals surface area contributed by atoms with E-state index in [0.29, 0.717) is 17.5 Å². The van der Waals surface area contributed by atoms with Gasteiger partial charge in [-0.1, -0.05) is 115 Å². The van der Waals surface area contributed by atoms with E-state index in [9.17, 15) is 0 Å². The van der Waals surface area contributed by atoms with Gasteiger partial charge in [0.2, 0.25) is 0 Å². The van der Waals surface area contributed by atoms with Gasteiger partial charge in [-0.25, -0.2) is 15.0 Å². The Hall–Kier alpha value is -6.85. The zero-order valence-corrected chi connectivity index (χ0v) is 26.9. The first-order valence-corrected chi connectivity index (χ1v) is 16.7. The number of furan rings is 1. The summed E-state index contributed by atoms with van der Waals surface area (Å²) in [6.07, 6.45) is 0. The molecule has 5 heteroatoms. The quantitative estimate of drug-likeness (QED) is 0.188. The van der Waals surface area contributed by atoms with E-state index >= 15 is 0 Å². The van der Waals surface area contributed by atoms with Gasteiger partial charge in [0.15, 0.2) is 17.5 Å². The number of rotatable bonds is 5. The van der Waals surface area contributed by atoms with Crippen molar-refractivity contribution < 1.29 is 4.42 Å². The lowest BCUT2D eigenvalue weighted by Gasteiger charge is -2.10. The maximum atomic E-state index is 6.51. The predicted molar refractivity (Wildman–Crippen MR) is 203 cm³/mol. The van der Waals surface area contributed by atoms with Crippen LogP contribution < -0.4 is 0 Å². The highest BCUT2D eigenvalue weighted by molar-refractivity contribution is 6.24. The number of hydrogen-bond donors (Lipinski definition) is 0. The Balaban J connectivity index is 1.22. The summed E-state index contributed by atoms with van der Waals surface area (Å²) in [7, 11) is 0. The highest BCUT2D eigenvalue weighted by atomic mass is 16.3. The van der Waals surface area contributed by atoms with Crippen LogP contribution in [0.4, 0.5) is 0 Å². The van der Waals surface area contributed by atoms with Crippen LogP contribution in [-0.2, 0) is 0 Å². The minimum Gasteiger partial charge on any atom is -0.456 e. The first-order valence-electron chi connectivity index (χ1n) is 16.7. The monoisotopic (exact) mass is 640 g/mol. The zero-order valence-electron chi connectivity index (χ0n) is 26.9. The molecule has 0 N–H and O–H groups in total. The minimum absolute atomic E-state index is 0.603. The van der Waals surface area contributed by atoms with E-state index < -0.39 is 0 Å².